The van der Waals surface area contributed by atoms with Crippen LogP contribution in [0.4, 0.5) is 10.1 Å². The van der Waals surface area contributed by atoms with Crippen LogP contribution in [-0.4, -0.2) is 36.3 Å². The minimum atomic E-state index is -3.72. The topological polar surface area (TPSA) is 88.5 Å². The quantitative estimate of drug-likeness (QED) is 0.607. The van der Waals surface area contributed by atoms with Crippen molar-refractivity contribution in [3.63, 3.8) is 0 Å². The molecule has 1 N–H and O–H groups in total. The lowest BCUT2D eigenvalue weighted by Gasteiger charge is -2.42. The van der Waals surface area contributed by atoms with Gasteiger partial charge in [-0.05, 0) is 60.4 Å². The largest absolute Gasteiger partial charge is 0.326 e. The van der Waals surface area contributed by atoms with Gasteiger partial charge in [0, 0.05) is 43.0 Å². The number of amides is 1. The summed E-state index contributed by atoms with van der Waals surface area (Å²) < 4.78 is 43.0. The third kappa shape index (κ3) is 4.41. The van der Waals surface area contributed by atoms with E-state index < -0.39 is 10.0 Å². The van der Waals surface area contributed by atoms with Crippen LogP contribution in [0.3, 0.4) is 0 Å². The van der Waals surface area contributed by atoms with E-state index in [0.29, 0.717) is 30.9 Å². The van der Waals surface area contributed by atoms with Crippen molar-refractivity contribution in [1.29, 1.82) is 0 Å². The Morgan fingerprint density at radius 3 is 2.44 bits per heavy atom. The molecule has 2 bridgehead atoms. The molecular formula is C25H24FN3O4S. The van der Waals surface area contributed by atoms with Crippen molar-refractivity contribution in [3.05, 3.63) is 94.2 Å². The third-order valence-electron chi connectivity index (χ3n) is 6.50. The molecule has 7 nitrogen and oxygen atoms in total. The number of benzene rings is 2. The fraction of sp³-hybridized carbons (Fsp3) is 0.280. The summed E-state index contributed by atoms with van der Waals surface area (Å²) in [4.78, 5) is 24.6. The number of halogens is 1. The molecule has 3 heterocycles. The maximum absolute atomic E-state index is 13.3. The number of aromatic nitrogens is 1. The smallest absolute Gasteiger partial charge is 0.250 e. The molecule has 0 saturated carbocycles. The van der Waals surface area contributed by atoms with Gasteiger partial charge in [-0.15, -0.1) is 0 Å². The first-order valence-corrected chi connectivity index (χ1v) is 12.6. The van der Waals surface area contributed by atoms with Crippen molar-refractivity contribution in [2.45, 2.75) is 30.2 Å². The van der Waals surface area contributed by atoms with Gasteiger partial charge in [0.05, 0.1) is 11.3 Å². The summed E-state index contributed by atoms with van der Waals surface area (Å²) in [7, 11) is -3.72. The number of nitrogens with one attached hydrogen (secondary N) is 1. The lowest BCUT2D eigenvalue weighted by atomic mass is 9.84. The van der Waals surface area contributed by atoms with Gasteiger partial charge in [-0.25, -0.2) is 12.8 Å². The Balaban J connectivity index is 1.28. The zero-order valence-electron chi connectivity index (χ0n) is 18.4. The Bertz CT molecular complexity index is 1380. The second-order valence-electron chi connectivity index (χ2n) is 8.90. The number of rotatable bonds is 5. The molecule has 0 radical (unpaired) electrons. The minimum absolute atomic E-state index is 0.0128. The molecule has 1 fully saturated rings. The van der Waals surface area contributed by atoms with Crippen LogP contribution >= 0.6 is 0 Å². The van der Waals surface area contributed by atoms with Crippen LogP contribution < -0.4 is 10.9 Å². The summed E-state index contributed by atoms with van der Waals surface area (Å²) in [5, 5.41) is 2.74. The van der Waals surface area contributed by atoms with Crippen molar-refractivity contribution in [3.8, 4) is 0 Å². The number of carbonyl (C=O) groups is 1. The molecular weight excluding hydrogens is 457 g/mol. The summed E-state index contributed by atoms with van der Waals surface area (Å²) in [6, 6.07) is 17.0. The Morgan fingerprint density at radius 2 is 1.71 bits per heavy atom. The molecule has 9 heteroatoms. The summed E-state index contributed by atoms with van der Waals surface area (Å²) >= 11 is 0. The average molecular weight is 482 g/mol. The highest BCUT2D eigenvalue weighted by atomic mass is 32.2. The SMILES string of the molecule is O=C(Cc1ccc(F)cc1)Nc1ccc(S(=O)(=O)N2CC3CC(C2)c2cccc(=O)n2C3)cc1. The molecule has 176 valence electrons. The highest BCUT2D eigenvalue weighted by molar-refractivity contribution is 7.89. The monoisotopic (exact) mass is 481 g/mol. The van der Waals surface area contributed by atoms with E-state index in [1.807, 2.05) is 6.07 Å². The van der Waals surface area contributed by atoms with Gasteiger partial charge in [0.2, 0.25) is 15.9 Å². The Kier molecular flexibility index (Phi) is 5.83. The first-order chi connectivity index (χ1) is 16.3. The van der Waals surface area contributed by atoms with E-state index in [4.69, 9.17) is 0 Å². The number of carbonyl (C=O) groups excluding carboxylic acids is 1. The third-order valence-corrected chi connectivity index (χ3v) is 8.35. The fourth-order valence-corrected chi connectivity index (χ4v) is 6.46. The second-order valence-corrected chi connectivity index (χ2v) is 10.8. The van der Waals surface area contributed by atoms with Crippen LogP contribution in [0.1, 0.15) is 23.6 Å². The molecule has 3 aromatic rings. The van der Waals surface area contributed by atoms with E-state index in [9.17, 15) is 22.4 Å². The van der Waals surface area contributed by atoms with E-state index in [1.165, 1.54) is 28.6 Å². The van der Waals surface area contributed by atoms with E-state index in [1.54, 1.807) is 41.0 Å². The number of nitrogens with zero attached hydrogens (tertiary/aromatic N) is 2. The lowest BCUT2D eigenvalue weighted by molar-refractivity contribution is -0.115. The molecule has 1 amide bonds. The van der Waals surface area contributed by atoms with Crippen LogP contribution in [-0.2, 0) is 27.8 Å². The molecule has 2 unspecified atom stereocenters. The van der Waals surface area contributed by atoms with Crippen LogP contribution in [0.25, 0.3) is 0 Å². The van der Waals surface area contributed by atoms with E-state index in [-0.39, 0.29) is 40.4 Å². The van der Waals surface area contributed by atoms with Crippen LogP contribution in [0.5, 0.6) is 0 Å². The second kappa shape index (κ2) is 8.81. The zero-order valence-corrected chi connectivity index (χ0v) is 19.2. The lowest BCUT2D eigenvalue weighted by Crippen LogP contribution is -2.48. The predicted molar refractivity (Wildman–Crippen MR) is 125 cm³/mol. The fourth-order valence-electron chi connectivity index (χ4n) is 4.90. The molecule has 1 aromatic heterocycles. The normalized spacial score (nSPS) is 19.9. The Hall–Kier alpha value is -3.30. The van der Waals surface area contributed by atoms with Crippen molar-refractivity contribution < 1.29 is 17.6 Å². The van der Waals surface area contributed by atoms with Gasteiger partial charge in [0.25, 0.3) is 5.56 Å². The standard InChI is InChI=1S/C25H24FN3O4S/c26-20-6-4-17(5-7-20)13-24(30)27-21-8-10-22(11-9-21)34(32,33)28-14-18-12-19(16-28)23-2-1-3-25(31)29(23)15-18/h1-11,18-19H,12-16H2,(H,27,30). The van der Waals surface area contributed by atoms with Crippen molar-refractivity contribution >= 4 is 21.6 Å². The molecule has 34 heavy (non-hydrogen) atoms. The number of sulfonamides is 1. The highest BCUT2D eigenvalue weighted by Gasteiger charge is 2.39. The van der Waals surface area contributed by atoms with Crippen LogP contribution in [0.15, 0.2) is 76.4 Å². The molecule has 0 aliphatic carbocycles. The average Bonchev–Trinajstić information content (AvgIpc) is 2.81. The number of fused-ring (bicyclic) bond motifs is 4. The first-order valence-electron chi connectivity index (χ1n) is 11.1. The molecule has 1 saturated heterocycles. The highest BCUT2D eigenvalue weighted by Crippen LogP contribution is 2.37. The molecule has 2 aliphatic heterocycles. The summed E-state index contributed by atoms with van der Waals surface area (Å²) in [6.07, 6.45) is 0.954. The number of hydrogen-bond acceptors (Lipinski definition) is 4. The van der Waals surface area contributed by atoms with Gasteiger partial charge in [-0.3, -0.25) is 9.59 Å². The number of anilines is 1. The summed E-state index contributed by atoms with van der Waals surface area (Å²) in [5.41, 5.74) is 2.01. The minimum Gasteiger partial charge on any atom is -0.326 e. The van der Waals surface area contributed by atoms with Gasteiger partial charge < -0.3 is 9.88 Å². The van der Waals surface area contributed by atoms with E-state index >= 15 is 0 Å². The number of piperidine rings is 1. The van der Waals surface area contributed by atoms with Gasteiger partial charge >= 0.3 is 0 Å². The Morgan fingerprint density at radius 1 is 0.971 bits per heavy atom. The van der Waals surface area contributed by atoms with E-state index in [0.717, 1.165) is 12.1 Å². The van der Waals surface area contributed by atoms with Gasteiger partial charge in [-0.1, -0.05) is 18.2 Å². The van der Waals surface area contributed by atoms with Crippen molar-refractivity contribution in [2.24, 2.45) is 5.92 Å². The molecule has 5 rings (SSSR count). The number of hydrogen-bond donors (Lipinski definition) is 1. The Labute approximate surface area is 196 Å². The van der Waals surface area contributed by atoms with Crippen molar-refractivity contribution in [1.82, 2.24) is 8.87 Å². The van der Waals surface area contributed by atoms with Crippen molar-refractivity contribution in [2.75, 3.05) is 18.4 Å². The molecule has 2 aromatic carbocycles. The first kappa shape index (κ1) is 22.5. The van der Waals surface area contributed by atoms with Crippen LogP contribution in [0, 0.1) is 11.7 Å². The summed E-state index contributed by atoms with van der Waals surface area (Å²) in [6.45, 7) is 1.23. The molecule has 0 spiro atoms. The van der Waals surface area contributed by atoms with Gasteiger partial charge in [0.15, 0.2) is 0 Å². The maximum Gasteiger partial charge on any atom is 0.250 e. The van der Waals surface area contributed by atoms with Gasteiger partial charge in [0.1, 0.15) is 5.82 Å². The van der Waals surface area contributed by atoms with Gasteiger partial charge in [-0.2, -0.15) is 4.31 Å². The zero-order chi connectivity index (χ0) is 23.9. The van der Waals surface area contributed by atoms with Crippen LogP contribution in [0.2, 0.25) is 0 Å². The predicted octanol–water partition coefficient (Wildman–Crippen LogP) is 2.98. The maximum atomic E-state index is 13.3. The summed E-state index contributed by atoms with van der Waals surface area (Å²) in [5.74, 6) is -0.566. The number of pyridine rings is 1. The molecule has 2 atom stereocenters. The van der Waals surface area contributed by atoms with E-state index in [2.05, 4.69) is 5.32 Å². The molecule has 2 aliphatic rings.